The third kappa shape index (κ3) is 4.49. The van der Waals surface area contributed by atoms with Crippen molar-refractivity contribution in [3.63, 3.8) is 0 Å². The van der Waals surface area contributed by atoms with Crippen molar-refractivity contribution in [2.75, 3.05) is 4.90 Å². The van der Waals surface area contributed by atoms with Gasteiger partial charge in [0.25, 0.3) is 0 Å². The van der Waals surface area contributed by atoms with Crippen LogP contribution in [-0.4, -0.2) is 0 Å². The van der Waals surface area contributed by atoms with Crippen LogP contribution in [0.5, 0.6) is 11.5 Å². The monoisotopic (exact) mass is 765 g/mol. The van der Waals surface area contributed by atoms with Gasteiger partial charge >= 0.3 is 0 Å². The molecule has 0 fully saturated rings. The number of fused-ring (bicyclic) bond motifs is 15. The molecule has 0 saturated heterocycles. The van der Waals surface area contributed by atoms with Gasteiger partial charge in [0.15, 0.2) is 0 Å². The summed E-state index contributed by atoms with van der Waals surface area (Å²) in [6.45, 7) is 0. The number of anilines is 3. The summed E-state index contributed by atoms with van der Waals surface area (Å²) in [6.07, 6.45) is 0. The average Bonchev–Trinajstić information content (AvgIpc) is 3.84. The third-order valence-corrected chi connectivity index (χ3v) is 12.9. The van der Waals surface area contributed by atoms with Gasteiger partial charge in [-0.1, -0.05) is 164 Å². The van der Waals surface area contributed by atoms with E-state index in [2.05, 4.69) is 211 Å². The fourth-order valence-corrected chi connectivity index (χ4v) is 10.5. The second-order valence-electron chi connectivity index (χ2n) is 15.9. The van der Waals surface area contributed by atoms with Crippen LogP contribution >= 0.6 is 0 Å². The minimum Gasteiger partial charge on any atom is -0.457 e. The molecule has 60 heavy (non-hydrogen) atoms. The van der Waals surface area contributed by atoms with Crippen LogP contribution < -0.4 is 9.64 Å². The van der Waals surface area contributed by atoms with Gasteiger partial charge in [-0.05, 0) is 87.1 Å². The van der Waals surface area contributed by atoms with Gasteiger partial charge in [0.1, 0.15) is 22.7 Å². The van der Waals surface area contributed by atoms with Crippen molar-refractivity contribution in [3.8, 4) is 33.8 Å². The summed E-state index contributed by atoms with van der Waals surface area (Å²) in [4.78, 5) is 2.49. The van der Waals surface area contributed by atoms with E-state index in [1.807, 2.05) is 6.07 Å². The Bertz CT molecular complexity index is 3500. The molecule has 0 unspecified atom stereocenters. The van der Waals surface area contributed by atoms with Crippen LogP contribution in [0, 0.1) is 0 Å². The fourth-order valence-electron chi connectivity index (χ4n) is 10.5. The highest BCUT2D eigenvalue weighted by Gasteiger charge is 2.52. The summed E-state index contributed by atoms with van der Waals surface area (Å²) in [5.41, 5.74) is 14.0. The Morgan fingerprint density at radius 2 is 1.03 bits per heavy atom. The Hall–Kier alpha value is -7.88. The molecule has 0 N–H and O–H groups in total. The van der Waals surface area contributed by atoms with Gasteiger partial charge in [-0.25, -0.2) is 0 Å². The predicted molar refractivity (Wildman–Crippen MR) is 246 cm³/mol. The summed E-state index contributed by atoms with van der Waals surface area (Å²) in [5, 5.41) is 6.82. The SMILES string of the molecule is c1ccc(-c2ccc(N(c3ccc4ccc5c6ccccc6oc5c4c3)c3cccc4c3-c3ccccc3C43c4ccccc4Oc4ccccc43)c3ccccc23)cc1. The van der Waals surface area contributed by atoms with E-state index >= 15 is 0 Å². The number of rotatable bonds is 4. The van der Waals surface area contributed by atoms with Crippen LogP contribution in [0.25, 0.3) is 65.7 Å². The lowest BCUT2D eigenvalue weighted by Crippen LogP contribution is -2.32. The van der Waals surface area contributed by atoms with Crippen LogP contribution in [0.15, 0.2) is 217 Å². The number of para-hydroxylation sites is 3. The molecule has 10 aromatic carbocycles. The molecule has 0 bridgehead atoms. The molecule has 0 radical (unpaired) electrons. The first-order chi connectivity index (χ1) is 29.8. The second kappa shape index (κ2) is 12.6. The van der Waals surface area contributed by atoms with Crippen molar-refractivity contribution in [1.29, 1.82) is 0 Å². The normalized spacial score (nSPS) is 13.3. The highest BCUT2D eigenvalue weighted by molar-refractivity contribution is 6.16. The number of furan rings is 1. The molecule has 1 spiro atoms. The van der Waals surface area contributed by atoms with E-state index in [1.165, 1.54) is 44.2 Å². The molecule has 1 aliphatic carbocycles. The quantitative estimate of drug-likeness (QED) is 0.178. The van der Waals surface area contributed by atoms with Crippen molar-refractivity contribution in [3.05, 3.63) is 235 Å². The topological polar surface area (TPSA) is 25.6 Å². The van der Waals surface area contributed by atoms with E-state index < -0.39 is 5.41 Å². The van der Waals surface area contributed by atoms with E-state index in [-0.39, 0.29) is 0 Å². The summed E-state index contributed by atoms with van der Waals surface area (Å²) in [7, 11) is 0. The first-order valence-electron chi connectivity index (χ1n) is 20.6. The van der Waals surface area contributed by atoms with Crippen LogP contribution in [0.4, 0.5) is 17.1 Å². The minimum atomic E-state index is -0.595. The van der Waals surface area contributed by atoms with E-state index in [4.69, 9.17) is 9.15 Å². The van der Waals surface area contributed by atoms with E-state index in [0.29, 0.717) is 0 Å². The highest BCUT2D eigenvalue weighted by Crippen LogP contribution is 2.64. The molecule has 13 rings (SSSR count). The standard InChI is InChI=1S/C57H35NO2/c1-2-15-36(16-3-1)39-33-34-50(41-18-5-4-17-40(39)41)58(38-31-29-37-30-32-43-42-19-7-11-26-52(42)60-56(43)45(37)35-38)51-25-14-24-49-55(51)44-20-6-8-21-46(44)57(49)47-22-9-12-27-53(47)59-54-28-13-10-23-48(54)57/h1-35H. The molecule has 1 aromatic heterocycles. The molecular weight excluding hydrogens is 731 g/mol. The van der Waals surface area contributed by atoms with Gasteiger partial charge in [-0.3, -0.25) is 0 Å². The molecule has 2 heterocycles. The van der Waals surface area contributed by atoms with Crippen molar-refractivity contribution in [1.82, 2.24) is 0 Å². The lowest BCUT2D eigenvalue weighted by Gasteiger charge is -2.39. The largest absolute Gasteiger partial charge is 0.457 e. The Morgan fingerprint density at radius 3 is 1.85 bits per heavy atom. The van der Waals surface area contributed by atoms with E-state index in [1.54, 1.807) is 0 Å². The Labute approximate surface area is 347 Å². The highest BCUT2D eigenvalue weighted by atomic mass is 16.5. The zero-order valence-electron chi connectivity index (χ0n) is 32.5. The number of nitrogens with zero attached hydrogens (tertiary/aromatic N) is 1. The molecule has 1 aliphatic heterocycles. The lowest BCUT2D eigenvalue weighted by atomic mass is 9.66. The molecule has 11 aromatic rings. The summed E-state index contributed by atoms with van der Waals surface area (Å²) < 4.78 is 13.4. The van der Waals surface area contributed by atoms with Crippen molar-refractivity contribution in [2.24, 2.45) is 0 Å². The Kier molecular flexibility index (Phi) is 6.93. The summed E-state index contributed by atoms with van der Waals surface area (Å²) in [6, 6.07) is 76.8. The van der Waals surface area contributed by atoms with Gasteiger partial charge in [0, 0.05) is 43.9 Å². The maximum absolute atomic E-state index is 6.68. The molecular formula is C57H35NO2. The van der Waals surface area contributed by atoms with Gasteiger partial charge in [-0.15, -0.1) is 0 Å². The molecule has 0 saturated carbocycles. The number of hydrogen-bond donors (Lipinski definition) is 0. The zero-order valence-corrected chi connectivity index (χ0v) is 32.5. The second-order valence-corrected chi connectivity index (χ2v) is 15.9. The first kappa shape index (κ1) is 33.1. The lowest BCUT2D eigenvalue weighted by molar-refractivity contribution is 0.436. The molecule has 0 atom stereocenters. The average molecular weight is 766 g/mol. The Morgan fingerprint density at radius 1 is 0.383 bits per heavy atom. The van der Waals surface area contributed by atoms with Crippen molar-refractivity contribution in [2.45, 2.75) is 5.41 Å². The summed E-state index contributed by atoms with van der Waals surface area (Å²) >= 11 is 0. The van der Waals surface area contributed by atoms with Crippen molar-refractivity contribution < 1.29 is 9.15 Å². The van der Waals surface area contributed by atoms with Crippen LogP contribution in [0.1, 0.15) is 22.3 Å². The molecule has 280 valence electrons. The Balaban J connectivity index is 1.15. The molecule has 2 aliphatic rings. The molecule has 3 nitrogen and oxygen atoms in total. The predicted octanol–water partition coefficient (Wildman–Crippen LogP) is 15.5. The number of ether oxygens (including phenoxy) is 1. The van der Waals surface area contributed by atoms with Crippen LogP contribution in [-0.2, 0) is 5.41 Å². The smallest absolute Gasteiger partial charge is 0.143 e. The third-order valence-electron chi connectivity index (χ3n) is 12.9. The fraction of sp³-hybridized carbons (Fsp3) is 0.0175. The first-order valence-corrected chi connectivity index (χ1v) is 20.6. The maximum Gasteiger partial charge on any atom is 0.143 e. The van der Waals surface area contributed by atoms with E-state index in [0.717, 1.165) is 72.4 Å². The molecule has 3 heteroatoms. The van der Waals surface area contributed by atoms with Gasteiger partial charge in [0.05, 0.1) is 16.8 Å². The van der Waals surface area contributed by atoms with Crippen LogP contribution in [0.2, 0.25) is 0 Å². The van der Waals surface area contributed by atoms with Gasteiger partial charge < -0.3 is 14.1 Å². The summed E-state index contributed by atoms with van der Waals surface area (Å²) in [5.74, 6) is 1.76. The zero-order chi connectivity index (χ0) is 39.4. The minimum absolute atomic E-state index is 0.595. The van der Waals surface area contributed by atoms with Gasteiger partial charge in [-0.2, -0.15) is 0 Å². The maximum atomic E-state index is 6.68. The molecule has 0 amide bonds. The van der Waals surface area contributed by atoms with Gasteiger partial charge in [0.2, 0.25) is 0 Å². The van der Waals surface area contributed by atoms with Crippen molar-refractivity contribution >= 4 is 60.5 Å². The van der Waals surface area contributed by atoms with Crippen LogP contribution in [0.3, 0.4) is 0 Å². The number of hydrogen-bond acceptors (Lipinski definition) is 3. The van der Waals surface area contributed by atoms with E-state index in [9.17, 15) is 0 Å². The number of benzene rings is 10.